The van der Waals surface area contributed by atoms with Crippen LogP contribution >= 0.6 is 11.8 Å². The molecule has 0 saturated carbocycles. The first-order valence-corrected chi connectivity index (χ1v) is 7.03. The van der Waals surface area contributed by atoms with E-state index in [0.717, 1.165) is 5.56 Å². The molecule has 1 atom stereocenters. The van der Waals surface area contributed by atoms with Crippen molar-refractivity contribution >= 4 is 11.8 Å². The van der Waals surface area contributed by atoms with E-state index in [-0.39, 0.29) is 11.9 Å². The zero-order valence-electron chi connectivity index (χ0n) is 10.5. The highest BCUT2D eigenvalue weighted by Crippen LogP contribution is 2.24. The van der Waals surface area contributed by atoms with Gasteiger partial charge in [0, 0.05) is 4.90 Å². The Morgan fingerprint density at radius 1 is 0.944 bits per heavy atom. The molecule has 0 radical (unpaired) electrons. The van der Waals surface area contributed by atoms with Crippen molar-refractivity contribution in [2.75, 3.05) is 13.3 Å². The molecule has 2 aromatic rings. The van der Waals surface area contributed by atoms with Crippen LogP contribution in [0.5, 0.6) is 0 Å². The van der Waals surface area contributed by atoms with Crippen LogP contribution in [-0.4, -0.2) is 13.3 Å². The number of hydrogen-bond donors (Lipinski definition) is 1. The van der Waals surface area contributed by atoms with E-state index in [1.165, 1.54) is 22.6 Å². The molecule has 0 amide bonds. The average molecular weight is 261 g/mol. The van der Waals surface area contributed by atoms with Gasteiger partial charge in [0.25, 0.3) is 0 Å². The fourth-order valence-electron chi connectivity index (χ4n) is 1.98. The van der Waals surface area contributed by atoms with E-state index in [9.17, 15) is 4.39 Å². The normalized spacial score (nSPS) is 12.4. The van der Waals surface area contributed by atoms with E-state index in [1.807, 2.05) is 19.2 Å². The third kappa shape index (κ3) is 2.92. The SMILES string of the molecule is CNC(c1ccc(F)cc1)c1ccc(SC)cc1. The Balaban J connectivity index is 2.29. The second-order valence-electron chi connectivity index (χ2n) is 4.05. The van der Waals surface area contributed by atoms with Gasteiger partial charge in [-0.1, -0.05) is 24.3 Å². The molecule has 0 aliphatic heterocycles. The van der Waals surface area contributed by atoms with Crippen molar-refractivity contribution in [1.82, 2.24) is 5.32 Å². The highest BCUT2D eigenvalue weighted by molar-refractivity contribution is 7.98. The van der Waals surface area contributed by atoms with Gasteiger partial charge in [0.1, 0.15) is 5.82 Å². The van der Waals surface area contributed by atoms with Crippen molar-refractivity contribution in [3.8, 4) is 0 Å². The van der Waals surface area contributed by atoms with Crippen molar-refractivity contribution < 1.29 is 4.39 Å². The Labute approximate surface area is 111 Å². The molecule has 94 valence electrons. The van der Waals surface area contributed by atoms with Gasteiger partial charge in [-0.05, 0) is 48.7 Å². The molecule has 0 saturated heterocycles. The summed E-state index contributed by atoms with van der Waals surface area (Å²) in [5, 5.41) is 3.26. The van der Waals surface area contributed by atoms with Gasteiger partial charge in [0.15, 0.2) is 0 Å². The summed E-state index contributed by atoms with van der Waals surface area (Å²) in [6.07, 6.45) is 2.06. The quantitative estimate of drug-likeness (QED) is 0.839. The monoisotopic (exact) mass is 261 g/mol. The summed E-state index contributed by atoms with van der Waals surface area (Å²) in [5.74, 6) is -0.202. The topological polar surface area (TPSA) is 12.0 Å². The molecule has 18 heavy (non-hydrogen) atoms. The van der Waals surface area contributed by atoms with Crippen molar-refractivity contribution in [3.05, 3.63) is 65.5 Å². The molecule has 0 heterocycles. The van der Waals surface area contributed by atoms with E-state index >= 15 is 0 Å². The lowest BCUT2D eigenvalue weighted by molar-refractivity contribution is 0.623. The van der Waals surface area contributed by atoms with E-state index < -0.39 is 0 Å². The van der Waals surface area contributed by atoms with Crippen LogP contribution in [0, 0.1) is 5.82 Å². The lowest BCUT2D eigenvalue weighted by Gasteiger charge is -2.17. The fourth-order valence-corrected chi connectivity index (χ4v) is 2.39. The summed E-state index contributed by atoms with van der Waals surface area (Å²) in [5.41, 5.74) is 2.25. The zero-order valence-corrected chi connectivity index (χ0v) is 11.3. The first-order valence-electron chi connectivity index (χ1n) is 5.81. The minimum atomic E-state index is -0.202. The molecule has 1 unspecified atom stereocenters. The molecule has 0 spiro atoms. The number of hydrogen-bond acceptors (Lipinski definition) is 2. The van der Waals surface area contributed by atoms with Crippen LogP contribution in [0.4, 0.5) is 4.39 Å². The van der Waals surface area contributed by atoms with Gasteiger partial charge in [0.2, 0.25) is 0 Å². The molecule has 0 aliphatic carbocycles. The highest BCUT2D eigenvalue weighted by atomic mass is 32.2. The number of rotatable bonds is 4. The smallest absolute Gasteiger partial charge is 0.123 e. The number of benzene rings is 2. The van der Waals surface area contributed by atoms with Crippen molar-refractivity contribution in [1.29, 1.82) is 0 Å². The van der Waals surface area contributed by atoms with Crippen molar-refractivity contribution in [3.63, 3.8) is 0 Å². The maximum atomic E-state index is 12.9. The Bertz CT molecular complexity index is 493. The maximum absolute atomic E-state index is 12.9. The Kier molecular flexibility index (Phi) is 4.39. The van der Waals surface area contributed by atoms with Gasteiger partial charge in [0.05, 0.1) is 6.04 Å². The number of nitrogens with one attached hydrogen (secondary N) is 1. The predicted octanol–water partition coefficient (Wildman–Crippen LogP) is 3.86. The molecule has 1 nitrogen and oxygen atoms in total. The van der Waals surface area contributed by atoms with E-state index in [1.54, 1.807) is 11.8 Å². The predicted molar refractivity (Wildman–Crippen MR) is 75.5 cm³/mol. The molecule has 0 aliphatic rings. The van der Waals surface area contributed by atoms with E-state index in [2.05, 4.69) is 35.8 Å². The molecular weight excluding hydrogens is 245 g/mol. The fraction of sp³-hybridized carbons (Fsp3) is 0.200. The standard InChI is InChI=1S/C15H16FNS/c1-17-15(11-3-7-13(16)8-4-11)12-5-9-14(18-2)10-6-12/h3-10,15,17H,1-2H3. The summed E-state index contributed by atoms with van der Waals surface area (Å²) in [6, 6.07) is 15.2. The summed E-state index contributed by atoms with van der Waals surface area (Å²) >= 11 is 1.72. The average Bonchev–Trinajstić information content (AvgIpc) is 2.42. The third-order valence-electron chi connectivity index (χ3n) is 2.94. The molecule has 2 aromatic carbocycles. The maximum Gasteiger partial charge on any atom is 0.123 e. The summed E-state index contributed by atoms with van der Waals surface area (Å²) in [6.45, 7) is 0. The Morgan fingerprint density at radius 3 is 1.89 bits per heavy atom. The Hall–Kier alpha value is -1.32. The molecule has 2 rings (SSSR count). The van der Waals surface area contributed by atoms with Crippen LogP contribution in [0.2, 0.25) is 0 Å². The number of thioether (sulfide) groups is 1. The van der Waals surface area contributed by atoms with Gasteiger partial charge in [-0.2, -0.15) is 0 Å². The lowest BCUT2D eigenvalue weighted by Crippen LogP contribution is -2.17. The van der Waals surface area contributed by atoms with Crippen molar-refractivity contribution in [2.45, 2.75) is 10.9 Å². The van der Waals surface area contributed by atoms with Gasteiger partial charge in [-0.25, -0.2) is 4.39 Å². The second-order valence-corrected chi connectivity index (χ2v) is 4.93. The van der Waals surface area contributed by atoms with Gasteiger partial charge < -0.3 is 5.32 Å². The summed E-state index contributed by atoms with van der Waals surface area (Å²) in [4.78, 5) is 1.24. The molecule has 0 aromatic heterocycles. The van der Waals surface area contributed by atoms with Crippen LogP contribution in [0.1, 0.15) is 17.2 Å². The van der Waals surface area contributed by atoms with Crippen LogP contribution in [0.25, 0.3) is 0 Å². The minimum absolute atomic E-state index is 0.0986. The Morgan fingerprint density at radius 2 is 1.44 bits per heavy atom. The summed E-state index contributed by atoms with van der Waals surface area (Å²) in [7, 11) is 1.91. The molecule has 3 heteroatoms. The molecule has 1 N–H and O–H groups in total. The van der Waals surface area contributed by atoms with E-state index in [0.29, 0.717) is 0 Å². The van der Waals surface area contributed by atoms with Crippen LogP contribution < -0.4 is 5.32 Å². The second kappa shape index (κ2) is 6.03. The first-order chi connectivity index (χ1) is 8.74. The third-order valence-corrected chi connectivity index (χ3v) is 3.68. The lowest BCUT2D eigenvalue weighted by atomic mass is 9.99. The van der Waals surface area contributed by atoms with Crippen LogP contribution in [0.15, 0.2) is 53.4 Å². The van der Waals surface area contributed by atoms with Crippen LogP contribution in [0.3, 0.4) is 0 Å². The molecular formula is C15H16FNS. The first kappa shape index (κ1) is 13.1. The summed E-state index contributed by atoms with van der Waals surface area (Å²) < 4.78 is 12.9. The van der Waals surface area contributed by atoms with Gasteiger partial charge >= 0.3 is 0 Å². The highest BCUT2D eigenvalue weighted by Gasteiger charge is 2.11. The number of halogens is 1. The molecule has 0 bridgehead atoms. The zero-order chi connectivity index (χ0) is 13.0. The van der Waals surface area contributed by atoms with E-state index in [4.69, 9.17) is 0 Å². The van der Waals surface area contributed by atoms with Crippen molar-refractivity contribution in [2.24, 2.45) is 0 Å². The largest absolute Gasteiger partial charge is 0.309 e. The van der Waals surface area contributed by atoms with Gasteiger partial charge in [-0.3, -0.25) is 0 Å². The molecule has 0 fully saturated rings. The van der Waals surface area contributed by atoms with Gasteiger partial charge in [-0.15, -0.1) is 11.8 Å². The minimum Gasteiger partial charge on any atom is -0.309 e. The van der Waals surface area contributed by atoms with Crippen LogP contribution in [-0.2, 0) is 0 Å².